The number of rotatable bonds is 7. The Morgan fingerprint density at radius 3 is 2.50 bits per heavy atom. The zero-order chi connectivity index (χ0) is 23.9. The lowest BCUT2D eigenvalue weighted by atomic mass is 9.96. The second kappa shape index (κ2) is 11.3. The van der Waals surface area contributed by atoms with Crippen LogP contribution in [0.5, 0.6) is 0 Å². The molecule has 3 aromatic rings. The van der Waals surface area contributed by atoms with Crippen molar-refractivity contribution in [2.24, 2.45) is 0 Å². The fourth-order valence-electron chi connectivity index (χ4n) is 4.02. The van der Waals surface area contributed by atoms with E-state index in [-0.39, 0.29) is 6.04 Å². The van der Waals surface area contributed by atoms with Gasteiger partial charge in [0, 0.05) is 6.04 Å². The molecule has 1 atom stereocenters. The highest BCUT2D eigenvalue weighted by Gasteiger charge is 2.24. The fourth-order valence-corrected chi connectivity index (χ4v) is 4.87. The molecule has 1 aliphatic carbocycles. The minimum absolute atomic E-state index is 0.113. The molecule has 0 radical (unpaired) electrons. The largest absolute Gasteiger partial charge is 0.335 e. The summed E-state index contributed by atoms with van der Waals surface area (Å²) in [6, 6.07) is 15.7. The van der Waals surface area contributed by atoms with Gasteiger partial charge in [0.1, 0.15) is 5.82 Å². The monoisotopic (exact) mass is 481 g/mol. The number of thioether (sulfide) groups is 1. The first-order valence-electron chi connectivity index (χ1n) is 11.5. The van der Waals surface area contributed by atoms with Crippen molar-refractivity contribution in [2.45, 2.75) is 62.0 Å². The molecule has 1 saturated carbocycles. The molecule has 2 N–H and O–H groups in total. The van der Waals surface area contributed by atoms with Crippen molar-refractivity contribution in [3.63, 3.8) is 0 Å². The van der Waals surface area contributed by atoms with Crippen LogP contribution in [0, 0.1) is 5.82 Å². The van der Waals surface area contributed by atoms with E-state index < -0.39 is 23.0 Å². The normalized spacial score (nSPS) is 15.0. The van der Waals surface area contributed by atoms with Gasteiger partial charge in [-0.1, -0.05) is 73.5 Å². The van der Waals surface area contributed by atoms with Crippen molar-refractivity contribution >= 4 is 23.7 Å². The van der Waals surface area contributed by atoms with Crippen LogP contribution in [-0.2, 0) is 11.3 Å². The van der Waals surface area contributed by atoms with Gasteiger partial charge in [-0.25, -0.2) is 9.18 Å². The van der Waals surface area contributed by atoms with Gasteiger partial charge in [-0.15, -0.1) is 10.2 Å². The number of imide groups is 1. The van der Waals surface area contributed by atoms with Gasteiger partial charge in [-0.2, -0.15) is 0 Å². The highest BCUT2D eigenvalue weighted by atomic mass is 32.2. The number of hydrogen-bond acceptors (Lipinski definition) is 5. The van der Waals surface area contributed by atoms with E-state index in [9.17, 15) is 14.0 Å². The molecule has 7 nitrogen and oxygen atoms in total. The van der Waals surface area contributed by atoms with Gasteiger partial charge in [0.05, 0.1) is 17.4 Å². The van der Waals surface area contributed by atoms with Crippen LogP contribution in [0.4, 0.5) is 9.18 Å². The standard InChI is InChI=1S/C25H28FN5O2S/c1-17(23(32)28-24(33)27-19-12-6-3-7-13-19)34-25-30-29-22(20-14-8-9-15-21(20)26)31(25)16-18-10-4-2-5-11-18/h2,4-5,8-11,14-15,17,19H,3,6-7,12-13,16H2,1H3,(H2,27,28,32,33). The zero-order valence-electron chi connectivity index (χ0n) is 19.0. The average molecular weight is 482 g/mol. The first kappa shape index (κ1) is 23.9. The number of urea groups is 1. The summed E-state index contributed by atoms with van der Waals surface area (Å²) in [7, 11) is 0. The van der Waals surface area contributed by atoms with Crippen molar-refractivity contribution in [1.82, 2.24) is 25.4 Å². The molecule has 0 spiro atoms. The number of halogens is 1. The Labute approximate surface area is 202 Å². The Hall–Kier alpha value is -3.20. The van der Waals surface area contributed by atoms with E-state index in [1.165, 1.54) is 24.2 Å². The third kappa shape index (κ3) is 6.02. The molecule has 0 bridgehead atoms. The third-order valence-electron chi connectivity index (χ3n) is 5.84. The quantitative estimate of drug-likeness (QED) is 0.475. The SMILES string of the molecule is CC(Sc1nnc(-c2ccccc2F)n1Cc1ccccc1)C(=O)NC(=O)NC1CCCCC1. The van der Waals surface area contributed by atoms with Gasteiger partial charge in [-0.05, 0) is 37.5 Å². The van der Waals surface area contributed by atoms with Gasteiger partial charge in [0.2, 0.25) is 5.91 Å². The van der Waals surface area contributed by atoms with E-state index in [0.717, 1.165) is 31.2 Å². The number of aromatic nitrogens is 3. The van der Waals surface area contributed by atoms with Crippen molar-refractivity contribution in [1.29, 1.82) is 0 Å². The lowest BCUT2D eigenvalue weighted by Gasteiger charge is -2.23. The van der Waals surface area contributed by atoms with Crippen molar-refractivity contribution < 1.29 is 14.0 Å². The summed E-state index contributed by atoms with van der Waals surface area (Å²) in [6.45, 7) is 2.12. The van der Waals surface area contributed by atoms with Gasteiger partial charge in [0.15, 0.2) is 11.0 Å². The maximum absolute atomic E-state index is 14.5. The van der Waals surface area contributed by atoms with Crippen LogP contribution in [-0.4, -0.2) is 38.0 Å². The maximum atomic E-state index is 14.5. The summed E-state index contributed by atoms with van der Waals surface area (Å²) in [5.41, 5.74) is 1.33. The second-order valence-electron chi connectivity index (χ2n) is 8.42. The van der Waals surface area contributed by atoms with Crippen molar-refractivity contribution in [3.8, 4) is 11.4 Å². The van der Waals surface area contributed by atoms with E-state index in [4.69, 9.17) is 0 Å². The van der Waals surface area contributed by atoms with E-state index in [1.54, 1.807) is 29.7 Å². The number of nitrogens with one attached hydrogen (secondary N) is 2. The molecule has 2 aromatic carbocycles. The Kier molecular flexibility index (Phi) is 7.95. The average Bonchev–Trinajstić information content (AvgIpc) is 3.22. The molecule has 34 heavy (non-hydrogen) atoms. The van der Waals surface area contributed by atoms with Crippen LogP contribution in [0.3, 0.4) is 0 Å². The predicted molar refractivity (Wildman–Crippen MR) is 130 cm³/mol. The van der Waals surface area contributed by atoms with Crippen molar-refractivity contribution in [2.75, 3.05) is 0 Å². The Balaban J connectivity index is 1.49. The van der Waals surface area contributed by atoms with Crippen LogP contribution >= 0.6 is 11.8 Å². The first-order chi connectivity index (χ1) is 16.5. The summed E-state index contributed by atoms with van der Waals surface area (Å²) in [5, 5.41) is 13.7. The Morgan fingerprint density at radius 1 is 1.06 bits per heavy atom. The molecule has 1 unspecified atom stereocenters. The van der Waals surface area contributed by atoms with E-state index in [1.807, 2.05) is 30.3 Å². The lowest BCUT2D eigenvalue weighted by Crippen LogP contribution is -2.47. The molecule has 178 valence electrons. The van der Waals surface area contributed by atoms with Crippen LogP contribution in [0.25, 0.3) is 11.4 Å². The highest BCUT2D eigenvalue weighted by Crippen LogP contribution is 2.29. The molecule has 0 saturated heterocycles. The van der Waals surface area contributed by atoms with E-state index in [2.05, 4.69) is 20.8 Å². The minimum Gasteiger partial charge on any atom is -0.335 e. The van der Waals surface area contributed by atoms with Gasteiger partial charge in [0.25, 0.3) is 0 Å². The second-order valence-corrected chi connectivity index (χ2v) is 9.72. The van der Waals surface area contributed by atoms with E-state index >= 15 is 0 Å². The van der Waals surface area contributed by atoms with Crippen LogP contribution in [0.1, 0.15) is 44.6 Å². The molecule has 1 aliphatic rings. The summed E-state index contributed by atoms with van der Waals surface area (Å²) in [6.07, 6.45) is 5.24. The smallest absolute Gasteiger partial charge is 0.321 e. The van der Waals surface area contributed by atoms with Gasteiger partial charge in [-0.3, -0.25) is 14.7 Å². The third-order valence-corrected chi connectivity index (χ3v) is 6.92. The topological polar surface area (TPSA) is 88.9 Å². The number of hydrogen-bond donors (Lipinski definition) is 2. The Morgan fingerprint density at radius 2 is 1.76 bits per heavy atom. The fraction of sp³-hybridized carbons (Fsp3) is 0.360. The van der Waals surface area contributed by atoms with Crippen LogP contribution in [0.2, 0.25) is 0 Å². The lowest BCUT2D eigenvalue weighted by molar-refractivity contribution is -0.119. The number of amides is 3. The zero-order valence-corrected chi connectivity index (χ0v) is 19.9. The van der Waals surface area contributed by atoms with Crippen LogP contribution < -0.4 is 10.6 Å². The van der Waals surface area contributed by atoms with E-state index in [0.29, 0.717) is 23.1 Å². The van der Waals surface area contributed by atoms with Crippen LogP contribution in [0.15, 0.2) is 59.8 Å². The first-order valence-corrected chi connectivity index (χ1v) is 12.4. The number of carbonyl (C=O) groups excluding carboxylic acids is 2. The molecule has 0 aliphatic heterocycles. The minimum atomic E-state index is -0.607. The molecule has 1 aromatic heterocycles. The Bertz CT molecular complexity index is 1130. The molecule has 4 rings (SSSR count). The molecular formula is C25H28FN5O2S. The van der Waals surface area contributed by atoms with Gasteiger partial charge < -0.3 is 5.32 Å². The maximum Gasteiger partial charge on any atom is 0.321 e. The summed E-state index contributed by atoms with van der Waals surface area (Å²) in [5.74, 6) is -0.432. The molecule has 1 fully saturated rings. The summed E-state index contributed by atoms with van der Waals surface area (Å²) >= 11 is 1.18. The highest BCUT2D eigenvalue weighted by molar-refractivity contribution is 8.00. The molecule has 3 amide bonds. The summed E-state index contributed by atoms with van der Waals surface area (Å²) in [4.78, 5) is 25.0. The molecule has 9 heteroatoms. The molecule has 1 heterocycles. The predicted octanol–water partition coefficient (Wildman–Crippen LogP) is 4.77. The van der Waals surface area contributed by atoms with Gasteiger partial charge >= 0.3 is 6.03 Å². The number of carbonyl (C=O) groups is 2. The number of nitrogens with zero attached hydrogens (tertiary/aromatic N) is 3. The summed E-state index contributed by atoms with van der Waals surface area (Å²) < 4.78 is 16.3. The van der Waals surface area contributed by atoms with Crippen molar-refractivity contribution in [3.05, 3.63) is 66.0 Å². The number of benzene rings is 2. The molecular weight excluding hydrogens is 453 g/mol.